The average Bonchev–Trinajstić information content (AvgIpc) is 2.74. The third kappa shape index (κ3) is 1.78. The van der Waals surface area contributed by atoms with Gasteiger partial charge in [0.2, 0.25) is 0 Å². The lowest BCUT2D eigenvalue weighted by Crippen LogP contribution is -2.11. The van der Waals surface area contributed by atoms with Crippen molar-refractivity contribution in [3.8, 4) is 0 Å². The molecule has 1 atom stereocenters. The van der Waals surface area contributed by atoms with E-state index in [0.717, 1.165) is 16.5 Å². The zero-order valence-corrected chi connectivity index (χ0v) is 9.62. The van der Waals surface area contributed by atoms with Crippen molar-refractivity contribution in [2.75, 3.05) is 0 Å². The second kappa shape index (κ2) is 4.58. The van der Waals surface area contributed by atoms with Crippen LogP contribution in [0, 0.1) is 0 Å². The van der Waals surface area contributed by atoms with E-state index in [1.54, 1.807) is 0 Å². The van der Waals surface area contributed by atoms with Crippen LogP contribution in [-0.2, 0) is 9.08 Å². The summed E-state index contributed by atoms with van der Waals surface area (Å²) >= 11 is 5.13. The van der Waals surface area contributed by atoms with Crippen LogP contribution in [-0.4, -0.2) is 11.0 Å². The van der Waals surface area contributed by atoms with Gasteiger partial charge in [-0.3, -0.25) is 0 Å². The van der Waals surface area contributed by atoms with Crippen molar-refractivity contribution in [3.05, 3.63) is 36.0 Å². The summed E-state index contributed by atoms with van der Waals surface area (Å²) in [5.74, 6) is -0.720. The predicted octanol–water partition coefficient (Wildman–Crippen LogP) is 3.36. The zero-order chi connectivity index (χ0) is 11.5. The molecule has 0 aliphatic carbocycles. The quantitative estimate of drug-likeness (QED) is 0.890. The van der Waals surface area contributed by atoms with Crippen molar-refractivity contribution < 1.29 is 9.08 Å². The summed E-state index contributed by atoms with van der Waals surface area (Å²) in [6, 6.07) is 7.84. The highest BCUT2D eigenvalue weighted by Crippen LogP contribution is 2.28. The van der Waals surface area contributed by atoms with Crippen molar-refractivity contribution in [3.63, 3.8) is 0 Å². The van der Waals surface area contributed by atoms with Gasteiger partial charge in [-0.1, -0.05) is 25.1 Å². The van der Waals surface area contributed by atoms with Crippen LogP contribution in [0.15, 0.2) is 30.5 Å². The van der Waals surface area contributed by atoms with Crippen LogP contribution in [0.5, 0.6) is 0 Å². The largest absolute Gasteiger partial charge is 0.361 e. The van der Waals surface area contributed by atoms with Crippen LogP contribution in [0.2, 0.25) is 0 Å². The molecule has 1 heterocycles. The fourth-order valence-corrected chi connectivity index (χ4v) is 2.06. The zero-order valence-electron chi connectivity index (χ0n) is 8.87. The number of halogens is 1. The van der Waals surface area contributed by atoms with Gasteiger partial charge < -0.3 is 9.27 Å². The molecular weight excluding hydrogens is 226 g/mol. The van der Waals surface area contributed by atoms with E-state index >= 15 is 0 Å². The number of nitrogens with one attached hydrogen (secondary N) is 1. The third-order valence-corrected chi connectivity index (χ3v) is 2.92. The molecule has 0 aliphatic rings. The molecule has 0 saturated heterocycles. The Labute approximate surface area is 98.5 Å². The smallest absolute Gasteiger partial charge is 0.332 e. The van der Waals surface area contributed by atoms with Gasteiger partial charge in [-0.15, -0.1) is 0 Å². The fraction of sp³-hybridized carbons (Fsp3) is 0.250. The number of carbonyl (C=O) groups is 1. The minimum atomic E-state index is -0.408. The second-order valence-electron chi connectivity index (χ2n) is 3.65. The van der Waals surface area contributed by atoms with Gasteiger partial charge >= 0.3 is 5.97 Å². The van der Waals surface area contributed by atoms with Crippen molar-refractivity contribution >= 4 is 28.7 Å². The minimum Gasteiger partial charge on any atom is -0.361 e. The molecule has 0 saturated carbocycles. The molecule has 2 aromatic rings. The molecule has 0 bridgehead atoms. The Morgan fingerprint density at radius 1 is 1.50 bits per heavy atom. The Morgan fingerprint density at radius 3 is 2.94 bits per heavy atom. The molecule has 1 aromatic heterocycles. The standard InChI is InChI=1S/C12H12ClNO2/c1-2-8(12(15)16-13)10-7-14-11-6-4-3-5-9(10)11/h3-8,14H,2H2,1H3. The molecule has 1 aromatic carbocycles. The van der Waals surface area contributed by atoms with Gasteiger partial charge in [-0.2, -0.15) is 0 Å². The van der Waals surface area contributed by atoms with Gasteiger partial charge in [-0.05, 0) is 18.1 Å². The number of rotatable bonds is 3. The normalized spacial score (nSPS) is 12.6. The number of benzene rings is 1. The Morgan fingerprint density at radius 2 is 2.25 bits per heavy atom. The van der Waals surface area contributed by atoms with E-state index in [-0.39, 0.29) is 5.92 Å². The van der Waals surface area contributed by atoms with Gasteiger partial charge in [0, 0.05) is 17.1 Å². The first-order valence-corrected chi connectivity index (χ1v) is 5.47. The van der Waals surface area contributed by atoms with E-state index in [1.165, 1.54) is 0 Å². The number of H-pyrrole nitrogens is 1. The van der Waals surface area contributed by atoms with Gasteiger partial charge in [0.25, 0.3) is 0 Å². The molecule has 0 fully saturated rings. The SMILES string of the molecule is CCC(C(=O)OCl)c1c[nH]c2ccccc12. The number of para-hydroxylation sites is 1. The molecule has 0 aliphatic heterocycles. The van der Waals surface area contributed by atoms with E-state index < -0.39 is 5.97 Å². The van der Waals surface area contributed by atoms with Crippen molar-refractivity contribution in [2.45, 2.75) is 19.3 Å². The van der Waals surface area contributed by atoms with Gasteiger partial charge in [0.1, 0.15) is 11.9 Å². The monoisotopic (exact) mass is 237 g/mol. The fourth-order valence-electron chi connectivity index (χ4n) is 1.95. The number of carbonyl (C=O) groups excluding carboxylic acids is 1. The first-order chi connectivity index (χ1) is 7.77. The van der Waals surface area contributed by atoms with Gasteiger partial charge in [0.05, 0.1) is 5.92 Å². The van der Waals surface area contributed by atoms with Crippen LogP contribution >= 0.6 is 11.9 Å². The van der Waals surface area contributed by atoms with E-state index in [0.29, 0.717) is 6.42 Å². The van der Waals surface area contributed by atoms with Crippen LogP contribution in [0.4, 0.5) is 0 Å². The van der Waals surface area contributed by atoms with E-state index in [9.17, 15) is 4.79 Å². The molecule has 0 amide bonds. The number of fused-ring (bicyclic) bond motifs is 1. The molecule has 4 heteroatoms. The van der Waals surface area contributed by atoms with E-state index in [1.807, 2.05) is 37.4 Å². The van der Waals surface area contributed by atoms with Crippen molar-refractivity contribution in [2.24, 2.45) is 0 Å². The highest BCUT2D eigenvalue weighted by Gasteiger charge is 2.22. The van der Waals surface area contributed by atoms with E-state index in [4.69, 9.17) is 11.9 Å². The third-order valence-electron chi connectivity index (χ3n) is 2.77. The van der Waals surface area contributed by atoms with Crippen LogP contribution in [0.25, 0.3) is 10.9 Å². The maximum Gasteiger partial charge on any atom is 0.332 e. The average molecular weight is 238 g/mol. The highest BCUT2D eigenvalue weighted by atomic mass is 35.5. The van der Waals surface area contributed by atoms with Crippen molar-refractivity contribution in [1.29, 1.82) is 0 Å². The molecule has 0 spiro atoms. The Balaban J connectivity index is 2.49. The molecule has 1 N–H and O–H groups in total. The van der Waals surface area contributed by atoms with E-state index in [2.05, 4.69) is 9.27 Å². The Hall–Kier alpha value is -1.48. The number of hydrogen-bond donors (Lipinski definition) is 1. The lowest BCUT2D eigenvalue weighted by molar-refractivity contribution is -0.135. The van der Waals surface area contributed by atoms with Crippen LogP contribution < -0.4 is 0 Å². The highest BCUT2D eigenvalue weighted by molar-refractivity contribution is 6.14. The topological polar surface area (TPSA) is 42.1 Å². The number of hydrogen-bond acceptors (Lipinski definition) is 2. The Kier molecular flexibility index (Phi) is 3.15. The Bertz CT molecular complexity index is 506. The molecular formula is C12H12ClNO2. The van der Waals surface area contributed by atoms with Crippen LogP contribution in [0.1, 0.15) is 24.8 Å². The molecule has 3 nitrogen and oxygen atoms in total. The van der Waals surface area contributed by atoms with Crippen molar-refractivity contribution in [1.82, 2.24) is 4.98 Å². The second-order valence-corrected chi connectivity index (χ2v) is 3.80. The van der Waals surface area contributed by atoms with Gasteiger partial charge in [-0.25, -0.2) is 4.79 Å². The molecule has 0 radical (unpaired) electrons. The minimum absolute atomic E-state index is 0.311. The predicted molar refractivity (Wildman–Crippen MR) is 63.3 cm³/mol. The molecule has 84 valence electrons. The summed E-state index contributed by atoms with van der Waals surface area (Å²) in [6.07, 6.45) is 2.50. The molecule has 16 heavy (non-hydrogen) atoms. The first kappa shape index (κ1) is 11.0. The van der Waals surface area contributed by atoms with Gasteiger partial charge in [0.15, 0.2) is 0 Å². The number of aromatic amines is 1. The summed E-state index contributed by atoms with van der Waals surface area (Å²) in [7, 11) is 0. The first-order valence-electron chi connectivity index (χ1n) is 5.16. The number of aromatic nitrogens is 1. The lowest BCUT2D eigenvalue weighted by atomic mass is 9.96. The summed E-state index contributed by atoms with van der Waals surface area (Å²) in [5.41, 5.74) is 1.95. The summed E-state index contributed by atoms with van der Waals surface area (Å²) in [4.78, 5) is 14.6. The molecule has 1 unspecified atom stereocenters. The maximum absolute atomic E-state index is 11.5. The molecule has 2 rings (SSSR count). The lowest BCUT2D eigenvalue weighted by Gasteiger charge is -2.09. The summed E-state index contributed by atoms with van der Waals surface area (Å²) in [5, 5.41) is 1.04. The summed E-state index contributed by atoms with van der Waals surface area (Å²) < 4.78 is 4.30. The summed E-state index contributed by atoms with van der Waals surface area (Å²) in [6.45, 7) is 1.93. The van der Waals surface area contributed by atoms with Crippen LogP contribution in [0.3, 0.4) is 0 Å². The maximum atomic E-state index is 11.5.